The Morgan fingerprint density at radius 1 is 1.08 bits per heavy atom. The number of benzene rings is 2. The molecule has 6 rings (SSSR count). The molecule has 2 aromatic carbocycles. The van der Waals surface area contributed by atoms with Crippen LogP contribution in [-0.2, 0) is 6.54 Å². The van der Waals surface area contributed by atoms with Gasteiger partial charge in [0, 0.05) is 30.0 Å². The number of nitrogens with zero attached hydrogens (tertiary/aromatic N) is 4. The monoisotopic (exact) mass is 526 g/mol. The lowest BCUT2D eigenvalue weighted by Crippen LogP contribution is -2.38. The highest BCUT2D eigenvalue weighted by Crippen LogP contribution is 2.33. The zero-order valence-electron chi connectivity index (χ0n) is 20.8. The normalized spacial score (nSPS) is 14.2. The number of likely N-dealkylation sites (tertiary alicyclic amines) is 1. The summed E-state index contributed by atoms with van der Waals surface area (Å²) in [6, 6.07) is 17.4. The maximum atomic E-state index is 13.4. The van der Waals surface area contributed by atoms with Crippen molar-refractivity contribution in [3.05, 3.63) is 87.8 Å². The van der Waals surface area contributed by atoms with Crippen LogP contribution in [0.2, 0.25) is 0 Å². The summed E-state index contributed by atoms with van der Waals surface area (Å²) in [5, 5.41) is 9.78. The van der Waals surface area contributed by atoms with E-state index in [1.54, 1.807) is 12.3 Å². The Morgan fingerprint density at radius 3 is 2.63 bits per heavy atom. The number of piperidine rings is 1. The van der Waals surface area contributed by atoms with Crippen LogP contribution in [0, 0.1) is 6.92 Å². The van der Waals surface area contributed by atoms with Crippen LogP contribution in [0.3, 0.4) is 0 Å². The standard InChI is InChI=1S/C28H26N6O3S/c1-17-24(25(33-37-17)18-7-3-2-4-8-18)28(36)34-13-11-19(12-14-34)27-32-22(16-38-27)26(35)29-15-23-30-20-9-5-6-10-21(20)31-23/h2-10,16,19H,11-15H2,1H3,(H,29,35)(H,30,31). The second kappa shape index (κ2) is 10.2. The van der Waals surface area contributed by atoms with Gasteiger partial charge in [0.25, 0.3) is 11.8 Å². The van der Waals surface area contributed by atoms with Crippen molar-refractivity contribution in [2.75, 3.05) is 13.1 Å². The first-order chi connectivity index (χ1) is 18.6. The number of aromatic nitrogens is 4. The third-order valence-corrected chi connectivity index (χ3v) is 7.87. The molecule has 2 amide bonds. The average Bonchev–Trinajstić information content (AvgIpc) is 3.70. The lowest BCUT2D eigenvalue weighted by atomic mass is 9.96. The van der Waals surface area contributed by atoms with Crippen molar-refractivity contribution in [1.29, 1.82) is 0 Å². The average molecular weight is 527 g/mol. The molecule has 9 nitrogen and oxygen atoms in total. The Hall–Kier alpha value is -4.31. The number of imidazole rings is 1. The third kappa shape index (κ3) is 4.70. The molecule has 192 valence electrons. The topological polar surface area (TPSA) is 117 Å². The molecule has 0 spiro atoms. The van der Waals surface area contributed by atoms with Gasteiger partial charge < -0.3 is 19.7 Å². The summed E-state index contributed by atoms with van der Waals surface area (Å²) in [6.45, 7) is 3.29. The highest BCUT2D eigenvalue weighted by atomic mass is 32.1. The van der Waals surface area contributed by atoms with E-state index in [4.69, 9.17) is 4.52 Å². The smallest absolute Gasteiger partial charge is 0.271 e. The molecule has 5 aromatic rings. The summed E-state index contributed by atoms with van der Waals surface area (Å²) in [5.74, 6) is 1.14. The number of hydrogen-bond acceptors (Lipinski definition) is 7. The number of H-pyrrole nitrogens is 1. The van der Waals surface area contributed by atoms with Crippen LogP contribution in [0.25, 0.3) is 22.3 Å². The lowest BCUT2D eigenvalue weighted by molar-refractivity contribution is 0.0711. The zero-order valence-corrected chi connectivity index (χ0v) is 21.6. The van der Waals surface area contributed by atoms with Crippen LogP contribution < -0.4 is 5.32 Å². The maximum Gasteiger partial charge on any atom is 0.271 e. The lowest BCUT2D eigenvalue weighted by Gasteiger charge is -2.31. The number of amides is 2. The number of fused-ring (bicyclic) bond motifs is 1. The van der Waals surface area contributed by atoms with Gasteiger partial charge in [-0.3, -0.25) is 9.59 Å². The van der Waals surface area contributed by atoms with Crippen molar-refractivity contribution in [3.63, 3.8) is 0 Å². The molecule has 0 aliphatic carbocycles. The molecule has 0 radical (unpaired) electrons. The molecule has 10 heteroatoms. The summed E-state index contributed by atoms with van der Waals surface area (Å²) >= 11 is 1.50. The van der Waals surface area contributed by atoms with Crippen molar-refractivity contribution < 1.29 is 14.1 Å². The molecule has 1 fully saturated rings. The predicted molar refractivity (Wildman–Crippen MR) is 144 cm³/mol. The molecule has 3 aromatic heterocycles. The fourth-order valence-electron chi connectivity index (χ4n) is 4.83. The van der Waals surface area contributed by atoms with E-state index in [0.29, 0.717) is 48.2 Å². The Kier molecular flexibility index (Phi) is 6.47. The van der Waals surface area contributed by atoms with Crippen molar-refractivity contribution in [2.45, 2.75) is 32.2 Å². The van der Waals surface area contributed by atoms with Crippen LogP contribution >= 0.6 is 11.3 Å². The maximum absolute atomic E-state index is 13.4. The van der Waals surface area contributed by atoms with E-state index in [0.717, 1.165) is 34.4 Å². The number of thiazole rings is 1. The summed E-state index contributed by atoms with van der Waals surface area (Å²) in [5.41, 5.74) is 4.17. The van der Waals surface area contributed by atoms with Gasteiger partial charge in [-0.2, -0.15) is 0 Å². The molecule has 0 unspecified atom stereocenters. The quantitative estimate of drug-likeness (QED) is 0.324. The third-order valence-electron chi connectivity index (χ3n) is 6.86. The number of carbonyl (C=O) groups is 2. The van der Waals surface area contributed by atoms with E-state index in [1.165, 1.54) is 11.3 Å². The Morgan fingerprint density at radius 2 is 1.84 bits per heavy atom. The van der Waals surface area contributed by atoms with E-state index in [1.807, 2.05) is 59.5 Å². The van der Waals surface area contributed by atoms with E-state index in [9.17, 15) is 9.59 Å². The van der Waals surface area contributed by atoms with Crippen LogP contribution in [0.15, 0.2) is 64.5 Å². The highest BCUT2D eigenvalue weighted by Gasteiger charge is 2.31. The molecule has 1 aliphatic rings. The van der Waals surface area contributed by atoms with Crippen LogP contribution in [0.5, 0.6) is 0 Å². The minimum Gasteiger partial charge on any atom is -0.360 e. The van der Waals surface area contributed by atoms with E-state index < -0.39 is 0 Å². The van der Waals surface area contributed by atoms with Crippen LogP contribution in [0.1, 0.15) is 56.2 Å². The Balaban J connectivity index is 1.07. The van der Waals surface area contributed by atoms with Gasteiger partial charge in [-0.1, -0.05) is 47.6 Å². The molecule has 1 aliphatic heterocycles. The molecule has 4 heterocycles. The number of carbonyl (C=O) groups excluding carboxylic acids is 2. The Labute approximate surface area is 222 Å². The van der Waals surface area contributed by atoms with Gasteiger partial charge in [0.05, 0.1) is 22.6 Å². The van der Waals surface area contributed by atoms with Crippen molar-refractivity contribution in [2.24, 2.45) is 0 Å². The minimum atomic E-state index is -0.225. The van der Waals surface area contributed by atoms with Crippen LogP contribution in [0.4, 0.5) is 0 Å². The van der Waals surface area contributed by atoms with Crippen molar-refractivity contribution in [3.8, 4) is 11.3 Å². The summed E-state index contributed by atoms with van der Waals surface area (Å²) in [7, 11) is 0. The molecule has 0 bridgehead atoms. The predicted octanol–water partition coefficient (Wildman–Crippen LogP) is 4.93. The largest absolute Gasteiger partial charge is 0.360 e. The summed E-state index contributed by atoms with van der Waals surface area (Å²) < 4.78 is 5.39. The fraction of sp³-hybridized carbons (Fsp3) is 0.250. The van der Waals surface area contributed by atoms with Gasteiger partial charge in [-0.05, 0) is 31.9 Å². The van der Waals surface area contributed by atoms with Gasteiger partial charge in [-0.15, -0.1) is 11.3 Å². The molecule has 0 saturated carbocycles. The second-order valence-corrected chi connectivity index (χ2v) is 10.2. The summed E-state index contributed by atoms with van der Waals surface area (Å²) in [4.78, 5) is 40.3. The number of rotatable bonds is 6. The van der Waals surface area contributed by atoms with Gasteiger partial charge in [0.1, 0.15) is 28.5 Å². The number of para-hydroxylation sites is 2. The molecular weight excluding hydrogens is 500 g/mol. The van der Waals surface area contributed by atoms with Gasteiger partial charge in [0.15, 0.2) is 0 Å². The first-order valence-electron chi connectivity index (χ1n) is 12.5. The molecule has 38 heavy (non-hydrogen) atoms. The second-order valence-electron chi connectivity index (χ2n) is 9.35. The fourth-order valence-corrected chi connectivity index (χ4v) is 5.80. The molecular formula is C28H26N6O3S. The molecule has 2 N–H and O–H groups in total. The van der Waals surface area contributed by atoms with E-state index in [2.05, 4.69) is 25.4 Å². The minimum absolute atomic E-state index is 0.0640. The first-order valence-corrected chi connectivity index (χ1v) is 13.4. The van der Waals surface area contributed by atoms with Crippen LogP contribution in [-0.4, -0.2) is 49.9 Å². The molecule has 0 atom stereocenters. The van der Waals surface area contributed by atoms with Gasteiger partial charge in [0.2, 0.25) is 0 Å². The van der Waals surface area contributed by atoms with Crippen molar-refractivity contribution >= 4 is 34.2 Å². The molecule has 1 saturated heterocycles. The van der Waals surface area contributed by atoms with Crippen molar-refractivity contribution in [1.82, 2.24) is 30.3 Å². The number of aromatic amines is 1. The van der Waals surface area contributed by atoms with Gasteiger partial charge in [-0.25, -0.2) is 9.97 Å². The highest BCUT2D eigenvalue weighted by molar-refractivity contribution is 7.09. The number of hydrogen-bond donors (Lipinski definition) is 2. The first kappa shape index (κ1) is 24.1. The SMILES string of the molecule is Cc1onc(-c2ccccc2)c1C(=O)N1CCC(c2nc(C(=O)NCc3nc4ccccc4[nH]3)cs2)CC1. The van der Waals surface area contributed by atoms with E-state index >= 15 is 0 Å². The number of nitrogens with one attached hydrogen (secondary N) is 2. The number of aryl methyl sites for hydroxylation is 1. The summed E-state index contributed by atoms with van der Waals surface area (Å²) in [6.07, 6.45) is 1.56. The Bertz CT molecular complexity index is 1560. The van der Waals surface area contributed by atoms with E-state index in [-0.39, 0.29) is 17.7 Å². The zero-order chi connectivity index (χ0) is 26.1. The van der Waals surface area contributed by atoms with Gasteiger partial charge >= 0.3 is 0 Å².